The molecule has 1 rings (SSSR count). The number of esters is 2. The van der Waals surface area contributed by atoms with Gasteiger partial charge in [0.15, 0.2) is 0 Å². The van der Waals surface area contributed by atoms with Crippen molar-refractivity contribution < 1.29 is 33.6 Å². The summed E-state index contributed by atoms with van der Waals surface area (Å²) < 4.78 is 9.92. The topological polar surface area (TPSA) is 130 Å². The van der Waals surface area contributed by atoms with Crippen LogP contribution in [-0.4, -0.2) is 41.6 Å². The number of carbonyl (C=O) groups is 4. The van der Waals surface area contributed by atoms with Crippen molar-refractivity contribution in [2.75, 3.05) is 13.2 Å². The number of ketones is 2. The molecule has 0 saturated heterocycles. The van der Waals surface area contributed by atoms with Crippen LogP contribution in [0.25, 0.3) is 0 Å². The fourth-order valence-electron chi connectivity index (χ4n) is 3.02. The Balaban J connectivity index is 3.68. The van der Waals surface area contributed by atoms with Crippen molar-refractivity contribution in [1.82, 2.24) is 0 Å². The first-order chi connectivity index (χ1) is 13.1. The van der Waals surface area contributed by atoms with E-state index in [1.807, 2.05) is 0 Å². The SMILES string of the molecule is CCOC(=O)C(C(C)=O)C(c1cccc([N+](=O)[O-])c1)C(C(C)=O)C(=O)OCC. The minimum atomic E-state index is -1.50. The van der Waals surface area contributed by atoms with E-state index in [1.165, 1.54) is 18.2 Å². The highest BCUT2D eigenvalue weighted by Crippen LogP contribution is 2.37. The van der Waals surface area contributed by atoms with Gasteiger partial charge in [0.2, 0.25) is 0 Å². The number of hydrogen-bond donors (Lipinski definition) is 0. The van der Waals surface area contributed by atoms with Crippen molar-refractivity contribution in [3.05, 3.63) is 39.9 Å². The van der Waals surface area contributed by atoms with Crippen LogP contribution < -0.4 is 0 Å². The molecule has 1 aromatic carbocycles. The standard InChI is InChI=1S/C19H23NO8/c1-5-27-18(23)15(11(3)21)17(16(12(4)22)19(24)28-6-2)13-8-7-9-14(10-13)20(25)26/h7-10,15-17H,5-6H2,1-4H3. The van der Waals surface area contributed by atoms with Crippen LogP contribution in [0.2, 0.25) is 0 Å². The summed E-state index contributed by atoms with van der Waals surface area (Å²) in [6, 6.07) is 5.13. The maximum atomic E-state index is 12.5. The van der Waals surface area contributed by atoms with Crippen LogP contribution in [0.5, 0.6) is 0 Å². The van der Waals surface area contributed by atoms with Crippen molar-refractivity contribution in [1.29, 1.82) is 0 Å². The fraction of sp³-hybridized carbons (Fsp3) is 0.474. The Morgan fingerprint density at radius 3 is 1.79 bits per heavy atom. The summed E-state index contributed by atoms with van der Waals surface area (Å²) >= 11 is 0. The van der Waals surface area contributed by atoms with E-state index in [1.54, 1.807) is 13.8 Å². The molecule has 0 saturated carbocycles. The second-order valence-corrected chi connectivity index (χ2v) is 6.06. The minimum Gasteiger partial charge on any atom is -0.465 e. The van der Waals surface area contributed by atoms with E-state index >= 15 is 0 Å². The summed E-state index contributed by atoms with van der Waals surface area (Å²) in [4.78, 5) is 60.1. The maximum Gasteiger partial charge on any atom is 0.317 e. The van der Waals surface area contributed by atoms with Gasteiger partial charge in [-0.25, -0.2) is 0 Å². The van der Waals surface area contributed by atoms with Gasteiger partial charge in [0.05, 0.1) is 18.1 Å². The van der Waals surface area contributed by atoms with Crippen LogP contribution in [0.3, 0.4) is 0 Å². The second-order valence-electron chi connectivity index (χ2n) is 6.06. The largest absolute Gasteiger partial charge is 0.465 e. The molecule has 1 aromatic rings. The summed E-state index contributed by atoms with van der Waals surface area (Å²) in [7, 11) is 0. The lowest BCUT2D eigenvalue weighted by atomic mass is 9.73. The summed E-state index contributed by atoms with van der Waals surface area (Å²) in [6.45, 7) is 5.32. The van der Waals surface area contributed by atoms with Crippen LogP contribution in [0.1, 0.15) is 39.2 Å². The van der Waals surface area contributed by atoms with Crippen LogP contribution in [0, 0.1) is 22.0 Å². The molecule has 0 aliphatic rings. The van der Waals surface area contributed by atoms with Gasteiger partial charge in [-0.15, -0.1) is 0 Å². The number of rotatable bonds is 10. The number of hydrogen-bond acceptors (Lipinski definition) is 8. The zero-order valence-electron chi connectivity index (χ0n) is 16.2. The van der Waals surface area contributed by atoms with E-state index in [0.29, 0.717) is 0 Å². The lowest BCUT2D eigenvalue weighted by Gasteiger charge is -2.29. The molecular weight excluding hydrogens is 370 g/mol. The highest BCUT2D eigenvalue weighted by atomic mass is 16.6. The third kappa shape index (κ3) is 5.45. The van der Waals surface area contributed by atoms with Crippen LogP contribution >= 0.6 is 0 Å². The van der Waals surface area contributed by atoms with Crippen molar-refractivity contribution in [2.24, 2.45) is 11.8 Å². The highest BCUT2D eigenvalue weighted by molar-refractivity contribution is 6.04. The molecule has 9 nitrogen and oxygen atoms in total. The van der Waals surface area contributed by atoms with E-state index in [0.717, 1.165) is 19.9 Å². The zero-order valence-corrected chi connectivity index (χ0v) is 16.2. The maximum absolute atomic E-state index is 12.5. The number of carbonyl (C=O) groups excluding carboxylic acids is 4. The molecule has 2 unspecified atom stereocenters. The molecule has 0 fully saturated rings. The molecule has 2 atom stereocenters. The Morgan fingerprint density at radius 1 is 0.964 bits per heavy atom. The Morgan fingerprint density at radius 2 is 1.43 bits per heavy atom. The Labute approximate surface area is 162 Å². The van der Waals surface area contributed by atoms with Crippen molar-refractivity contribution in [3.8, 4) is 0 Å². The number of nitro benzene ring substituents is 1. The average Bonchev–Trinajstić information content (AvgIpc) is 2.61. The smallest absolute Gasteiger partial charge is 0.317 e. The van der Waals surface area contributed by atoms with Gasteiger partial charge < -0.3 is 9.47 Å². The van der Waals surface area contributed by atoms with Crippen LogP contribution in [0.4, 0.5) is 5.69 Å². The summed E-state index contributed by atoms with van der Waals surface area (Å²) in [5.74, 6) is -7.39. The van der Waals surface area contributed by atoms with E-state index in [4.69, 9.17) is 9.47 Å². The molecule has 28 heavy (non-hydrogen) atoms. The van der Waals surface area contributed by atoms with E-state index < -0.39 is 46.2 Å². The van der Waals surface area contributed by atoms with E-state index in [-0.39, 0.29) is 24.5 Å². The molecule has 0 radical (unpaired) electrons. The normalized spacial score (nSPS) is 13.7. The molecule has 152 valence electrons. The molecule has 0 spiro atoms. The van der Waals surface area contributed by atoms with E-state index in [9.17, 15) is 29.3 Å². The summed E-state index contributed by atoms with van der Waals surface area (Å²) in [5, 5.41) is 11.1. The number of nitrogens with zero attached hydrogens (tertiary/aromatic N) is 1. The van der Waals surface area contributed by atoms with Gasteiger partial charge in [-0.1, -0.05) is 12.1 Å². The quantitative estimate of drug-likeness (QED) is 0.256. The first-order valence-corrected chi connectivity index (χ1v) is 8.74. The van der Waals surface area contributed by atoms with Crippen LogP contribution in [-0.2, 0) is 28.7 Å². The number of benzene rings is 1. The van der Waals surface area contributed by atoms with Gasteiger partial charge in [-0.05, 0) is 33.3 Å². The molecule has 0 bridgehead atoms. The third-order valence-corrected chi connectivity index (χ3v) is 4.14. The number of nitro groups is 1. The predicted molar refractivity (Wildman–Crippen MR) is 97.4 cm³/mol. The van der Waals surface area contributed by atoms with Gasteiger partial charge in [0.25, 0.3) is 5.69 Å². The molecule has 0 N–H and O–H groups in total. The predicted octanol–water partition coefficient (Wildman–Crippen LogP) is 2.21. The first kappa shape index (κ1) is 22.9. The van der Waals surface area contributed by atoms with Gasteiger partial charge in [-0.3, -0.25) is 29.3 Å². The average molecular weight is 393 g/mol. The summed E-state index contributed by atoms with van der Waals surface area (Å²) in [6.07, 6.45) is 0. The third-order valence-electron chi connectivity index (χ3n) is 4.14. The number of Topliss-reactive ketones (excluding diaryl/α,β-unsaturated/α-hetero) is 2. The van der Waals surface area contributed by atoms with E-state index in [2.05, 4.69) is 0 Å². The molecular formula is C19H23NO8. The zero-order chi connectivity index (χ0) is 21.4. The molecule has 0 aromatic heterocycles. The van der Waals surface area contributed by atoms with Gasteiger partial charge in [0.1, 0.15) is 23.4 Å². The van der Waals surface area contributed by atoms with Gasteiger partial charge in [-0.2, -0.15) is 0 Å². The van der Waals surface area contributed by atoms with Crippen LogP contribution in [0.15, 0.2) is 24.3 Å². The molecule has 0 aliphatic carbocycles. The lowest BCUT2D eigenvalue weighted by molar-refractivity contribution is -0.385. The van der Waals surface area contributed by atoms with Gasteiger partial charge >= 0.3 is 11.9 Å². The number of ether oxygens (including phenoxy) is 2. The Bertz CT molecular complexity index is 737. The lowest BCUT2D eigenvalue weighted by Crippen LogP contribution is -2.40. The van der Waals surface area contributed by atoms with Crippen molar-refractivity contribution in [2.45, 2.75) is 33.6 Å². The van der Waals surface area contributed by atoms with Gasteiger partial charge in [0, 0.05) is 18.1 Å². The molecule has 9 heteroatoms. The molecule has 0 heterocycles. The van der Waals surface area contributed by atoms with Crippen molar-refractivity contribution in [3.63, 3.8) is 0 Å². The Hall–Kier alpha value is -3.10. The second kappa shape index (κ2) is 10.3. The summed E-state index contributed by atoms with van der Waals surface area (Å²) in [5.41, 5.74) is -0.185. The molecule has 0 amide bonds. The monoisotopic (exact) mass is 393 g/mol. The first-order valence-electron chi connectivity index (χ1n) is 8.74. The minimum absolute atomic E-state index is 0.0194. The number of non-ortho nitro benzene ring substituents is 1. The Kier molecular flexibility index (Phi) is 8.43. The van der Waals surface area contributed by atoms with Crippen molar-refractivity contribution >= 4 is 29.2 Å². The molecule has 0 aliphatic heterocycles. The highest BCUT2D eigenvalue weighted by Gasteiger charge is 2.45. The fourth-order valence-corrected chi connectivity index (χ4v) is 3.02.